The van der Waals surface area contributed by atoms with Crippen LogP contribution in [-0.2, 0) is 18.3 Å². The first-order valence-corrected chi connectivity index (χ1v) is 9.40. The van der Waals surface area contributed by atoms with Crippen molar-refractivity contribution < 1.29 is 9.47 Å². The van der Waals surface area contributed by atoms with Gasteiger partial charge in [-0.15, -0.1) is 0 Å². The smallest absolute Gasteiger partial charge is 0.232 e. The fraction of sp³-hybridized carbons (Fsp3) is 0.632. The molecule has 0 aromatic carbocycles. The zero-order chi connectivity index (χ0) is 17.8. The minimum atomic E-state index is 0.325. The van der Waals surface area contributed by atoms with Crippen molar-refractivity contribution in [3.8, 4) is 5.88 Å². The third-order valence-corrected chi connectivity index (χ3v) is 5.92. The molecule has 1 spiro atoms. The molecule has 2 fully saturated rings. The highest BCUT2D eigenvalue weighted by Crippen LogP contribution is 2.45. The van der Waals surface area contributed by atoms with E-state index in [2.05, 4.69) is 26.2 Å². The molecule has 140 valence electrons. The number of aromatic nitrogens is 4. The van der Waals surface area contributed by atoms with E-state index >= 15 is 0 Å². The van der Waals surface area contributed by atoms with Crippen molar-refractivity contribution in [2.45, 2.75) is 25.8 Å². The number of piperidine rings is 1. The van der Waals surface area contributed by atoms with E-state index in [-0.39, 0.29) is 0 Å². The average Bonchev–Trinajstić information content (AvgIpc) is 3.09. The van der Waals surface area contributed by atoms with Crippen LogP contribution in [0.25, 0.3) is 0 Å². The molecule has 7 nitrogen and oxygen atoms in total. The Kier molecular flexibility index (Phi) is 5.17. The zero-order valence-corrected chi connectivity index (χ0v) is 15.4. The molecule has 2 aromatic heterocycles. The Bertz CT molecular complexity index is 697. The number of aryl methyl sites for hydroxylation is 1. The lowest BCUT2D eigenvalue weighted by Crippen LogP contribution is -2.49. The number of rotatable bonds is 5. The summed E-state index contributed by atoms with van der Waals surface area (Å²) in [6.45, 7) is 5.53. The monoisotopic (exact) mass is 357 g/mol. The van der Waals surface area contributed by atoms with Gasteiger partial charge in [0.25, 0.3) is 0 Å². The SMILES string of the molecule is Cn1cc(CN2CCC3(CCOC[C@H]3COc3cnccn3)CC2)cn1. The third-order valence-electron chi connectivity index (χ3n) is 5.92. The molecule has 1 atom stereocenters. The lowest BCUT2D eigenvalue weighted by Gasteiger charge is -2.48. The van der Waals surface area contributed by atoms with Crippen LogP contribution in [0.2, 0.25) is 0 Å². The van der Waals surface area contributed by atoms with Crippen molar-refractivity contribution >= 4 is 0 Å². The first kappa shape index (κ1) is 17.4. The van der Waals surface area contributed by atoms with Crippen molar-refractivity contribution in [2.24, 2.45) is 18.4 Å². The molecular formula is C19H27N5O2. The van der Waals surface area contributed by atoms with Gasteiger partial charge in [-0.25, -0.2) is 4.98 Å². The fourth-order valence-electron chi connectivity index (χ4n) is 4.28. The van der Waals surface area contributed by atoms with Crippen LogP contribution in [0, 0.1) is 11.3 Å². The van der Waals surface area contributed by atoms with Crippen molar-refractivity contribution in [2.75, 3.05) is 32.9 Å². The van der Waals surface area contributed by atoms with E-state index in [1.807, 2.05) is 17.9 Å². The maximum atomic E-state index is 5.92. The Morgan fingerprint density at radius 1 is 1.23 bits per heavy atom. The molecule has 2 aliphatic rings. The van der Waals surface area contributed by atoms with Crippen LogP contribution in [0.1, 0.15) is 24.8 Å². The van der Waals surface area contributed by atoms with E-state index in [1.165, 1.54) is 18.4 Å². The molecule has 0 N–H and O–H groups in total. The highest BCUT2D eigenvalue weighted by molar-refractivity contribution is 5.05. The Labute approximate surface area is 154 Å². The molecule has 0 amide bonds. The predicted octanol–water partition coefficient (Wildman–Crippen LogP) is 1.91. The van der Waals surface area contributed by atoms with Crippen LogP contribution in [0.4, 0.5) is 0 Å². The first-order chi connectivity index (χ1) is 12.7. The fourth-order valence-corrected chi connectivity index (χ4v) is 4.28. The molecule has 7 heteroatoms. The third kappa shape index (κ3) is 3.88. The summed E-state index contributed by atoms with van der Waals surface area (Å²) >= 11 is 0. The molecule has 0 unspecified atom stereocenters. The van der Waals surface area contributed by atoms with Crippen molar-refractivity contribution in [3.05, 3.63) is 36.5 Å². The lowest BCUT2D eigenvalue weighted by molar-refractivity contribution is -0.0867. The number of likely N-dealkylation sites (tertiary alicyclic amines) is 1. The summed E-state index contributed by atoms with van der Waals surface area (Å²) < 4.78 is 13.6. The number of nitrogens with zero attached hydrogens (tertiary/aromatic N) is 5. The number of ether oxygens (including phenoxy) is 2. The molecule has 4 rings (SSSR count). The summed E-state index contributed by atoms with van der Waals surface area (Å²) in [4.78, 5) is 10.8. The second kappa shape index (κ2) is 7.72. The second-order valence-electron chi connectivity index (χ2n) is 7.54. The quantitative estimate of drug-likeness (QED) is 0.814. The zero-order valence-electron chi connectivity index (χ0n) is 15.4. The van der Waals surface area contributed by atoms with E-state index in [0.29, 0.717) is 23.8 Å². The molecule has 0 aliphatic carbocycles. The highest BCUT2D eigenvalue weighted by atomic mass is 16.5. The minimum Gasteiger partial charge on any atom is -0.476 e. The van der Waals surface area contributed by atoms with Gasteiger partial charge in [0.15, 0.2) is 0 Å². The van der Waals surface area contributed by atoms with Gasteiger partial charge in [0.1, 0.15) is 0 Å². The van der Waals surface area contributed by atoms with Gasteiger partial charge >= 0.3 is 0 Å². The molecule has 2 aromatic rings. The van der Waals surface area contributed by atoms with Gasteiger partial charge in [0, 0.05) is 50.3 Å². The van der Waals surface area contributed by atoms with Crippen LogP contribution >= 0.6 is 0 Å². The van der Waals surface area contributed by atoms with Gasteiger partial charge < -0.3 is 9.47 Å². The second-order valence-corrected chi connectivity index (χ2v) is 7.54. The van der Waals surface area contributed by atoms with Gasteiger partial charge in [-0.2, -0.15) is 5.10 Å². The predicted molar refractivity (Wildman–Crippen MR) is 96.6 cm³/mol. The standard InChI is InChI=1S/C19H27N5O2/c1-23-12-16(10-22-23)13-24-7-2-19(3-8-24)4-9-25-14-17(19)15-26-18-11-20-5-6-21-18/h5-6,10-12,17H,2-4,7-9,13-15H2,1H3/t17-/m0/s1. The maximum absolute atomic E-state index is 5.92. The Morgan fingerprint density at radius 2 is 2.12 bits per heavy atom. The van der Waals surface area contributed by atoms with Crippen molar-refractivity contribution in [1.29, 1.82) is 0 Å². The Balaban J connectivity index is 1.35. The van der Waals surface area contributed by atoms with Crippen LogP contribution in [-0.4, -0.2) is 57.6 Å². The molecule has 2 saturated heterocycles. The van der Waals surface area contributed by atoms with Gasteiger partial charge in [0.2, 0.25) is 5.88 Å². The molecule has 4 heterocycles. The Hall–Kier alpha value is -1.99. The van der Waals surface area contributed by atoms with Crippen LogP contribution in [0.5, 0.6) is 5.88 Å². The molecule has 0 saturated carbocycles. The summed E-state index contributed by atoms with van der Waals surface area (Å²) in [6, 6.07) is 0. The topological polar surface area (TPSA) is 65.3 Å². The molecule has 0 radical (unpaired) electrons. The number of hydrogen-bond acceptors (Lipinski definition) is 6. The van der Waals surface area contributed by atoms with E-state index in [0.717, 1.165) is 39.3 Å². The summed E-state index contributed by atoms with van der Waals surface area (Å²) in [5, 5.41) is 4.28. The maximum Gasteiger partial charge on any atom is 0.232 e. The van der Waals surface area contributed by atoms with Crippen LogP contribution in [0.3, 0.4) is 0 Å². The van der Waals surface area contributed by atoms with Crippen molar-refractivity contribution in [1.82, 2.24) is 24.6 Å². The van der Waals surface area contributed by atoms with Gasteiger partial charge in [-0.3, -0.25) is 14.6 Å². The van der Waals surface area contributed by atoms with E-state index in [1.54, 1.807) is 18.6 Å². The van der Waals surface area contributed by atoms with Gasteiger partial charge in [-0.05, 0) is 37.8 Å². The van der Waals surface area contributed by atoms with Crippen molar-refractivity contribution in [3.63, 3.8) is 0 Å². The van der Waals surface area contributed by atoms with Crippen LogP contribution in [0.15, 0.2) is 31.0 Å². The van der Waals surface area contributed by atoms with E-state index < -0.39 is 0 Å². The Morgan fingerprint density at radius 3 is 2.85 bits per heavy atom. The number of hydrogen-bond donors (Lipinski definition) is 0. The largest absolute Gasteiger partial charge is 0.476 e. The van der Waals surface area contributed by atoms with Crippen LogP contribution < -0.4 is 4.74 Å². The normalized spacial score (nSPS) is 23.2. The van der Waals surface area contributed by atoms with E-state index in [4.69, 9.17) is 9.47 Å². The molecule has 0 bridgehead atoms. The summed E-state index contributed by atoms with van der Waals surface area (Å²) in [7, 11) is 1.97. The molecule has 26 heavy (non-hydrogen) atoms. The molecule has 2 aliphatic heterocycles. The first-order valence-electron chi connectivity index (χ1n) is 9.40. The lowest BCUT2D eigenvalue weighted by atomic mass is 9.66. The molecular weight excluding hydrogens is 330 g/mol. The summed E-state index contributed by atoms with van der Waals surface area (Å²) in [6.07, 6.45) is 12.6. The summed E-state index contributed by atoms with van der Waals surface area (Å²) in [5.74, 6) is 1.01. The van der Waals surface area contributed by atoms with Gasteiger partial charge in [-0.1, -0.05) is 0 Å². The average molecular weight is 357 g/mol. The van der Waals surface area contributed by atoms with E-state index in [9.17, 15) is 0 Å². The minimum absolute atomic E-state index is 0.325. The van der Waals surface area contributed by atoms with Gasteiger partial charge in [0.05, 0.1) is 25.6 Å². The highest BCUT2D eigenvalue weighted by Gasteiger charge is 2.43. The summed E-state index contributed by atoms with van der Waals surface area (Å²) in [5.41, 5.74) is 1.62.